The molecular formula is C10H14Cl3N3O2. The van der Waals surface area contributed by atoms with Gasteiger partial charge in [0.1, 0.15) is 5.82 Å². The molecule has 8 heteroatoms. The monoisotopic (exact) mass is 313 g/mol. The topological polar surface area (TPSA) is 88.2 Å². The van der Waals surface area contributed by atoms with Crippen LogP contribution in [0.25, 0.3) is 6.08 Å². The average Bonchev–Trinajstić information content (AvgIpc) is 2.25. The van der Waals surface area contributed by atoms with Crippen LogP contribution < -0.4 is 11.1 Å². The number of halogens is 3. The fourth-order valence-electron chi connectivity index (χ4n) is 1.03. The van der Waals surface area contributed by atoms with Crippen LogP contribution in [0.1, 0.15) is 5.56 Å². The summed E-state index contributed by atoms with van der Waals surface area (Å²) in [5.74, 6) is -0.471. The molecule has 0 atom stereocenters. The molecule has 0 saturated heterocycles. The van der Waals surface area contributed by atoms with Gasteiger partial charge in [-0.15, -0.1) is 24.8 Å². The summed E-state index contributed by atoms with van der Waals surface area (Å²) in [5.41, 5.74) is 5.96. The van der Waals surface area contributed by atoms with E-state index in [4.69, 9.17) is 22.4 Å². The Labute approximate surface area is 122 Å². The number of carbonyl (C=O) groups is 1. The van der Waals surface area contributed by atoms with E-state index >= 15 is 0 Å². The molecule has 0 aliphatic heterocycles. The van der Waals surface area contributed by atoms with E-state index in [1.54, 1.807) is 6.07 Å². The predicted octanol–water partition coefficient (Wildman–Crippen LogP) is 2.05. The molecule has 0 bridgehead atoms. The van der Waals surface area contributed by atoms with E-state index in [2.05, 4.69) is 10.3 Å². The second-order valence-electron chi connectivity index (χ2n) is 2.99. The van der Waals surface area contributed by atoms with E-state index in [0.29, 0.717) is 29.5 Å². The lowest BCUT2D eigenvalue weighted by Gasteiger charge is -2.05. The zero-order valence-corrected chi connectivity index (χ0v) is 11.7. The van der Waals surface area contributed by atoms with Gasteiger partial charge in [0.2, 0.25) is 0 Å². The molecule has 4 N–H and O–H groups in total. The number of aliphatic carboxylic acids is 1. The van der Waals surface area contributed by atoms with Crippen molar-refractivity contribution >= 4 is 54.3 Å². The lowest BCUT2D eigenvalue weighted by molar-refractivity contribution is -0.131. The van der Waals surface area contributed by atoms with Crippen molar-refractivity contribution in [2.24, 2.45) is 5.73 Å². The fraction of sp³-hybridized carbons (Fsp3) is 0.200. The molecule has 102 valence electrons. The predicted molar refractivity (Wildman–Crippen MR) is 78.0 cm³/mol. The van der Waals surface area contributed by atoms with Gasteiger partial charge in [0.05, 0.1) is 5.02 Å². The highest BCUT2D eigenvalue weighted by Gasteiger charge is 2.01. The summed E-state index contributed by atoms with van der Waals surface area (Å²) in [6.07, 6.45) is 3.98. The van der Waals surface area contributed by atoms with Crippen LogP contribution in [0.2, 0.25) is 5.02 Å². The fourth-order valence-corrected chi connectivity index (χ4v) is 1.27. The molecule has 0 aliphatic carbocycles. The number of hydrogen-bond acceptors (Lipinski definition) is 4. The van der Waals surface area contributed by atoms with Crippen molar-refractivity contribution in [3.63, 3.8) is 0 Å². The first-order chi connectivity index (χ1) is 7.63. The number of carboxylic acids is 1. The van der Waals surface area contributed by atoms with Crippen LogP contribution in [0.4, 0.5) is 5.82 Å². The van der Waals surface area contributed by atoms with E-state index in [0.717, 1.165) is 6.08 Å². The minimum absolute atomic E-state index is 0. The Bertz CT molecular complexity index is 413. The highest BCUT2D eigenvalue weighted by molar-refractivity contribution is 6.33. The van der Waals surface area contributed by atoms with E-state index < -0.39 is 5.97 Å². The van der Waals surface area contributed by atoms with Gasteiger partial charge >= 0.3 is 5.97 Å². The molecular weight excluding hydrogens is 300 g/mol. The molecule has 1 aromatic heterocycles. The van der Waals surface area contributed by atoms with Gasteiger partial charge in [0.25, 0.3) is 0 Å². The minimum Gasteiger partial charge on any atom is -0.478 e. The Morgan fingerprint density at radius 3 is 2.72 bits per heavy atom. The minimum atomic E-state index is -1.01. The normalized spacial score (nSPS) is 9.44. The lowest BCUT2D eigenvalue weighted by Crippen LogP contribution is -2.14. The number of rotatable bonds is 5. The molecule has 0 unspecified atom stereocenters. The molecule has 0 saturated carbocycles. The Balaban J connectivity index is 0. The van der Waals surface area contributed by atoms with Crippen molar-refractivity contribution in [2.45, 2.75) is 0 Å². The molecule has 0 spiro atoms. The van der Waals surface area contributed by atoms with Gasteiger partial charge in [-0.2, -0.15) is 0 Å². The van der Waals surface area contributed by atoms with Gasteiger partial charge in [-0.3, -0.25) is 0 Å². The number of nitrogens with one attached hydrogen (secondary N) is 1. The van der Waals surface area contributed by atoms with Crippen molar-refractivity contribution in [1.29, 1.82) is 0 Å². The van der Waals surface area contributed by atoms with Crippen LogP contribution in [0, 0.1) is 0 Å². The third kappa shape index (κ3) is 6.66. The van der Waals surface area contributed by atoms with Gasteiger partial charge < -0.3 is 16.2 Å². The number of nitrogens with two attached hydrogens (primary N) is 1. The maximum Gasteiger partial charge on any atom is 0.328 e. The Morgan fingerprint density at radius 2 is 2.22 bits per heavy atom. The SMILES string of the molecule is Cl.Cl.NCCNc1ncc(C=CC(=O)O)cc1Cl. The first-order valence-electron chi connectivity index (χ1n) is 4.64. The van der Waals surface area contributed by atoms with E-state index in [1.165, 1.54) is 12.3 Å². The highest BCUT2D eigenvalue weighted by Crippen LogP contribution is 2.20. The van der Waals surface area contributed by atoms with Gasteiger partial charge in [-0.05, 0) is 17.7 Å². The zero-order valence-electron chi connectivity index (χ0n) is 9.30. The molecule has 1 heterocycles. The molecule has 1 rings (SSSR count). The van der Waals surface area contributed by atoms with Gasteiger partial charge in [-0.1, -0.05) is 11.6 Å². The molecule has 0 aliphatic rings. The molecule has 0 amide bonds. The summed E-state index contributed by atoms with van der Waals surface area (Å²) in [7, 11) is 0. The van der Waals surface area contributed by atoms with Crippen LogP contribution in [0.3, 0.4) is 0 Å². The summed E-state index contributed by atoms with van der Waals surface area (Å²) in [5, 5.41) is 11.8. The summed E-state index contributed by atoms with van der Waals surface area (Å²) in [4.78, 5) is 14.4. The first-order valence-corrected chi connectivity index (χ1v) is 5.01. The number of carboxylic acid groups (broad SMARTS) is 1. The number of nitrogens with zero attached hydrogens (tertiary/aromatic N) is 1. The van der Waals surface area contributed by atoms with E-state index in [-0.39, 0.29) is 24.8 Å². The van der Waals surface area contributed by atoms with Crippen molar-refractivity contribution in [2.75, 3.05) is 18.4 Å². The smallest absolute Gasteiger partial charge is 0.328 e. The van der Waals surface area contributed by atoms with Crippen LogP contribution in [0.15, 0.2) is 18.3 Å². The van der Waals surface area contributed by atoms with Gasteiger partial charge in [0, 0.05) is 25.4 Å². The largest absolute Gasteiger partial charge is 0.478 e. The summed E-state index contributed by atoms with van der Waals surface area (Å²) >= 11 is 5.93. The molecule has 0 radical (unpaired) electrons. The van der Waals surface area contributed by atoms with E-state index in [1.807, 2.05) is 0 Å². The number of anilines is 1. The van der Waals surface area contributed by atoms with Gasteiger partial charge in [0.15, 0.2) is 0 Å². The summed E-state index contributed by atoms with van der Waals surface area (Å²) in [6, 6.07) is 1.63. The maximum atomic E-state index is 10.3. The third-order valence-electron chi connectivity index (χ3n) is 1.72. The first kappa shape index (κ1) is 19.3. The van der Waals surface area contributed by atoms with Crippen molar-refractivity contribution in [1.82, 2.24) is 4.98 Å². The molecule has 5 nitrogen and oxygen atoms in total. The average molecular weight is 315 g/mol. The molecule has 0 fully saturated rings. The highest BCUT2D eigenvalue weighted by atomic mass is 35.5. The van der Waals surface area contributed by atoms with Crippen LogP contribution in [-0.4, -0.2) is 29.1 Å². The summed E-state index contributed by atoms with van der Waals surface area (Å²) in [6.45, 7) is 1.07. The van der Waals surface area contributed by atoms with Crippen molar-refractivity contribution < 1.29 is 9.90 Å². The summed E-state index contributed by atoms with van der Waals surface area (Å²) < 4.78 is 0. The third-order valence-corrected chi connectivity index (χ3v) is 2.01. The van der Waals surface area contributed by atoms with Crippen LogP contribution >= 0.6 is 36.4 Å². The Kier molecular flexibility index (Phi) is 10.7. The maximum absolute atomic E-state index is 10.3. The van der Waals surface area contributed by atoms with Crippen molar-refractivity contribution in [3.05, 3.63) is 28.9 Å². The number of pyridine rings is 1. The lowest BCUT2D eigenvalue weighted by atomic mass is 10.2. The quantitative estimate of drug-likeness (QED) is 0.724. The van der Waals surface area contributed by atoms with E-state index in [9.17, 15) is 4.79 Å². The standard InChI is InChI=1S/C10H12ClN3O2.2ClH/c11-8-5-7(1-2-9(15)16)6-14-10(8)13-4-3-12;;/h1-2,5-6H,3-4,12H2,(H,13,14)(H,15,16);2*1H. The number of aromatic nitrogens is 1. The van der Waals surface area contributed by atoms with Crippen molar-refractivity contribution in [3.8, 4) is 0 Å². The molecule has 0 aromatic carbocycles. The Morgan fingerprint density at radius 1 is 1.56 bits per heavy atom. The Hall–Kier alpha value is -1.01. The second-order valence-corrected chi connectivity index (χ2v) is 3.39. The molecule has 18 heavy (non-hydrogen) atoms. The van der Waals surface area contributed by atoms with Crippen LogP contribution in [-0.2, 0) is 4.79 Å². The second kappa shape index (κ2) is 9.96. The molecule has 1 aromatic rings. The number of hydrogen-bond donors (Lipinski definition) is 3. The zero-order chi connectivity index (χ0) is 12.0. The van der Waals surface area contributed by atoms with Gasteiger partial charge in [-0.25, -0.2) is 9.78 Å². The van der Waals surface area contributed by atoms with Crippen LogP contribution in [0.5, 0.6) is 0 Å².